The van der Waals surface area contributed by atoms with E-state index in [9.17, 15) is 18.0 Å². The number of carbonyl (C=O) groups is 1. The van der Waals surface area contributed by atoms with Crippen LogP contribution in [-0.4, -0.2) is 58.2 Å². The van der Waals surface area contributed by atoms with Crippen molar-refractivity contribution in [1.82, 2.24) is 19.6 Å². The van der Waals surface area contributed by atoms with Crippen molar-refractivity contribution >= 4 is 17.5 Å². The van der Waals surface area contributed by atoms with Crippen LogP contribution >= 0.6 is 11.6 Å². The standard InChI is InChI=1S/C17H24ClF3N4O/c1-11-14(18)15(17(19,20)21)22-25(11)12(2)16(26)24-7-3-6-23(8-9-24)10-13-4-5-13/h12-13H,3-10H2,1-2H3. The number of hydrogen-bond acceptors (Lipinski definition) is 3. The smallest absolute Gasteiger partial charge is 0.340 e. The minimum absolute atomic E-state index is 0.157. The minimum atomic E-state index is -4.64. The second-order valence-electron chi connectivity index (χ2n) is 7.29. The van der Waals surface area contributed by atoms with Crippen LogP contribution in [0.4, 0.5) is 13.2 Å². The first-order valence-corrected chi connectivity index (χ1v) is 9.39. The molecule has 1 aromatic heterocycles. The topological polar surface area (TPSA) is 41.4 Å². The van der Waals surface area contributed by atoms with Gasteiger partial charge in [-0.3, -0.25) is 9.48 Å². The zero-order valence-electron chi connectivity index (χ0n) is 15.0. The molecule has 5 nitrogen and oxygen atoms in total. The van der Waals surface area contributed by atoms with Gasteiger partial charge in [-0.2, -0.15) is 18.3 Å². The molecule has 0 N–H and O–H groups in total. The van der Waals surface area contributed by atoms with Gasteiger partial charge in [-0.1, -0.05) is 11.6 Å². The lowest BCUT2D eigenvalue weighted by atomic mass is 10.2. The zero-order chi connectivity index (χ0) is 19.1. The van der Waals surface area contributed by atoms with Crippen molar-refractivity contribution in [2.24, 2.45) is 5.92 Å². The summed E-state index contributed by atoms with van der Waals surface area (Å²) < 4.78 is 40.1. The number of carbonyl (C=O) groups excluding carboxylic acids is 1. The number of amides is 1. The third-order valence-electron chi connectivity index (χ3n) is 5.18. The second kappa shape index (κ2) is 7.38. The molecule has 1 aliphatic carbocycles. The molecule has 1 atom stereocenters. The summed E-state index contributed by atoms with van der Waals surface area (Å²) in [5.41, 5.74) is -0.979. The third-order valence-corrected chi connectivity index (χ3v) is 5.64. The molecular formula is C17H24ClF3N4O. The average molecular weight is 393 g/mol. The predicted octanol–water partition coefficient (Wildman–Crippen LogP) is 3.37. The van der Waals surface area contributed by atoms with E-state index in [-0.39, 0.29) is 11.6 Å². The van der Waals surface area contributed by atoms with Gasteiger partial charge in [-0.05, 0) is 45.6 Å². The van der Waals surface area contributed by atoms with Crippen molar-refractivity contribution in [2.45, 2.75) is 45.3 Å². The average Bonchev–Trinajstić information content (AvgIpc) is 3.36. The number of aromatic nitrogens is 2. The van der Waals surface area contributed by atoms with Crippen LogP contribution in [0.3, 0.4) is 0 Å². The molecule has 1 aromatic rings. The number of alkyl halides is 3. The highest BCUT2D eigenvalue weighted by Gasteiger charge is 2.39. The van der Waals surface area contributed by atoms with E-state index in [1.807, 2.05) is 0 Å². The maximum Gasteiger partial charge on any atom is 0.436 e. The molecule has 2 heterocycles. The maximum atomic E-state index is 13.0. The van der Waals surface area contributed by atoms with Gasteiger partial charge < -0.3 is 9.80 Å². The minimum Gasteiger partial charge on any atom is -0.340 e. The van der Waals surface area contributed by atoms with Gasteiger partial charge in [0.05, 0.1) is 10.7 Å². The van der Waals surface area contributed by atoms with Crippen molar-refractivity contribution in [2.75, 3.05) is 32.7 Å². The Morgan fingerprint density at radius 1 is 1.27 bits per heavy atom. The molecule has 1 unspecified atom stereocenters. The van der Waals surface area contributed by atoms with Gasteiger partial charge in [0, 0.05) is 26.2 Å². The first-order chi connectivity index (χ1) is 12.2. The molecular weight excluding hydrogens is 369 g/mol. The van der Waals surface area contributed by atoms with Crippen LogP contribution in [0.25, 0.3) is 0 Å². The van der Waals surface area contributed by atoms with Crippen molar-refractivity contribution in [3.8, 4) is 0 Å². The molecule has 1 amide bonds. The highest BCUT2D eigenvalue weighted by atomic mass is 35.5. The molecule has 2 fully saturated rings. The highest BCUT2D eigenvalue weighted by Crippen LogP contribution is 2.36. The monoisotopic (exact) mass is 392 g/mol. The van der Waals surface area contributed by atoms with E-state index in [2.05, 4.69) is 10.00 Å². The maximum absolute atomic E-state index is 13.0. The van der Waals surface area contributed by atoms with E-state index in [0.29, 0.717) is 13.1 Å². The summed E-state index contributed by atoms with van der Waals surface area (Å²) in [6.07, 6.45) is -1.19. The molecule has 3 rings (SSSR count). The fourth-order valence-electron chi connectivity index (χ4n) is 3.47. The Balaban J connectivity index is 1.69. The Labute approximate surface area is 156 Å². The fourth-order valence-corrected chi connectivity index (χ4v) is 3.70. The summed E-state index contributed by atoms with van der Waals surface area (Å²) in [7, 11) is 0. The van der Waals surface area contributed by atoms with Crippen LogP contribution in [0.15, 0.2) is 0 Å². The lowest BCUT2D eigenvalue weighted by molar-refractivity contribution is -0.142. The molecule has 1 aliphatic heterocycles. The van der Waals surface area contributed by atoms with E-state index < -0.39 is 22.9 Å². The molecule has 146 valence electrons. The van der Waals surface area contributed by atoms with Crippen molar-refractivity contribution < 1.29 is 18.0 Å². The lowest BCUT2D eigenvalue weighted by Crippen LogP contribution is -2.39. The van der Waals surface area contributed by atoms with Crippen LogP contribution < -0.4 is 0 Å². The van der Waals surface area contributed by atoms with Crippen LogP contribution in [0.2, 0.25) is 5.02 Å². The Morgan fingerprint density at radius 3 is 2.54 bits per heavy atom. The number of rotatable bonds is 4. The highest BCUT2D eigenvalue weighted by molar-refractivity contribution is 6.32. The number of nitrogens with zero attached hydrogens (tertiary/aromatic N) is 4. The van der Waals surface area contributed by atoms with Crippen LogP contribution in [-0.2, 0) is 11.0 Å². The van der Waals surface area contributed by atoms with Crippen LogP contribution in [0.5, 0.6) is 0 Å². The molecule has 0 bridgehead atoms. The SMILES string of the molecule is Cc1c(Cl)c(C(F)(F)F)nn1C(C)C(=O)N1CCCN(CC2CC2)CC1. The molecule has 2 aliphatic rings. The molecule has 1 saturated carbocycles. The molecule has 0 spiro atoms. The first-order valence-electron chi connectivity index (χ1n) is 9.01. The van der Waals surface area contributed by atoms with Gasteiger partial charge in [-0.25, -0.2) is 0 Å². The molecule has 1 saturated heterocycles. The van der Waals surface area contributed by atoms with Gasteiger partial charge in [0.15, 0.2) is 5.69 Å². The van der Waals surface area contributed by atoms with Crippen LogP contribution in [0, 0.1) is 12.8 Å². The van der Waals surface area contributed by atoms with Crippen molar-refractivity contribution in [1.29, 1.82) is 0 Å². The predicted molar refractivity (Wildman–Crippen MR) is 92.0 cm³/mol. The van der Waals surface area contributed by atoms with Crippen molar-refractivity contribution in [3.63, 3.8) is 0 Å². The van der Waals surface area contributed by atoms with Crippen LogP contribution in [0.1, 0.15) is 43.6 Å². The number of hydrogen-bond donors (Lipinski definition) is 0. The van der Waals surface area contributed by atoms with Crippen molar-refractivity contribution in [3.05, 3.63) is 16.4 Å². The lowest BCUT2D eigenvalue weighted by Gasteiger charge is -2.25. The third kappa shape index (κ3) is 4.17. The van der Waals surface area contributed by atoms with E-state index in [1.165, 1.54) is 19.8 Å². The van der Waals surface area contributed by atoms with Gasteiger partial charge in [0.1, 0.15) is 6.04 Å². The summed E-state index contributed by atoms with van der Waals surface area (Å²) in [6.45, 7) is 7.09. The Bertz CT molecular complexity index is 672. The summed E-state index contributed by atoms with van der Waals surface area (Å²) >= 11 is 5.80. The number of halogens is 4. The molecule has 9 heteroatoms. The van der Waals surface area contributed by atoms with E-state index >= 15 is 0 Å². The Hall–Kier alpha value is -1.28. The fraction of sp³-hybridized carbons (Fsp3) is 0.765. The quantitative estimate of drug-likeness (QED) is 0.789. The Morgan fingerprint density at radius 2 is 1.96 bits per heavy atom. The summed E-state index contributed by atoms with van der Waals surface area (Å²) in [4.78, 5) is 17.0. The summed E-state index contributed by atoms with van der Waals surface area (Å²) in [5, 5.41) is 3.14. The van der Waals surface area contributed by atoms with E-state index in [1.54, 1.807) is 11.8 Å². The zero-order valence-corrected chi connectivity index (χ0v) is 15.8. The second-order valence-corrected chi connectivity index (χ2v) is 7.67. The van der Waals surface area contributed by atoms with E-state index in [4.69, 9.17) is 11.6 Å². The van der Waals surface area contributed by atoms with Gasteiger partial charge in [0.2, 0.25) is 5.91 Å². The van der Waals surface area contributed by atoms with Gasteiger partial charge in [0.25, 0.3) is 0 Å². The van der Waals surface area contributed by atoms with E-state index in [0.717, 1.165) is 36.7 Å². The first kappa shape index (κ1) is 19.5. The summed E-state index contributed by atoms with van der Waals surface area (Å²) in [5.74, 6) is 0.583. The van der Waals surface area contributed by atoms with Gasteiger partial charge in [-0.15, -0.1) is 0 Å². The normalized spacial score (nSPS) is 20.9. The molecule has 0 radical (unpaired) electrons. The largest absolute Gasteiger partial charge is 0.436 e. The van der Waals surface area contributed by atoms with Gasteiger partial charge >= 0.3 is 6.18 Å². The Kier molecular flexibility index (Phi) is 5.53. The molecule has 26 heavy (non-hydrogen) atoms. The summed E-state index contributed by atoms with van der Waals surface area (Å²) in [6, 6.07) is -0.821. The molecule has 0 aromatic carbocycles.